The van der Waals surface area contributed by atoms with E-state index in [1.165, 1.54) is 16.8 Å². The van der Waals surface area contributed by atoms with Crippen LogP contribution in [0.1, 0.15) is 52.1 Å². The quantitative estimate of drug-likeness (QED) is 0.587. The number of hydrogen-bond donors (Lipinski definition) is 1. The van der Waals surface area contributed by atoms with E-state index in [-0.39, 0.29) is 11.8 Å². The van der Waals surface area contributed by atoms with E-state index in [4.69, 9.17) is 9.84 Å². The van der Waals surface area contributed by atoms with Crippen LogP contribution in [0.25, 0.3) is 0 Å². The van der Waals surface area contributed by atoms with Crippen molar-refractivity contribution in [2.45, 2.75) is 44.7 Å². The normalized spacial score (nSPS) is 18.2. The first-order chi connectivity index (χ1) is 16.7. The Labute approximate surface area is 201 Å². The second kappa shape index (κ2) is 10.5. The Hall–Kier alpha value is -2.96. The number of carbonyl (C=O) groups excluding carboxylic acids is 1. The maximum Gasteiger partial charge on any atom is 0.274 e. The molecule has 6 heteroatoms. The number of nitrogens with one attached hydrogen (secondary N) is 1. The molecule has 0 bridgehead atoms. The van der Waals surface area contributed by atoms with Crippen LogP contribution < -0.4 is 5.32 Å². The van der Waals surface area contributed by atoms with Crippen molar-refractivity contribution in [3.63, 3.8) is 0 Å². The zero-order chi connectivity index (χ0) is 23.3. The summed E-state index contributed by atoms with van der Waals surface area (Å²) in [6, 6.07) is 21.8. The first-order valence-electron chi connectivity index (χ1n) is 12.5. The summed E-state index contributed by atoms with van der Waals surface area (Å²) in [5, 5.41) is 8.62. The Morgan fingerprint density at radius 3 is 2.32 bits per heavy atom. The van der Waals surface area contributed by atoms with Gasteiger partial charge in [0.25, 0.3) is 5.91 Å². The molecule has 6 nitrogen and oxygen atoms in total. The molecular formula is C28H34N4O2. The van der Waals surface area contributed by atoms with Gasteiger partial charge in [0, 0.05) is 49.4 Å². The van der Waals surface area contributed by atoms with Gasteiger partial charge in [0.05, 0.1) is 13.2 Å². The minimum Gasteiger partial charge on any atom is -0.378 e. The molecule has 1 saturated heterocycles. The number of carbonyl (C=O) groups is 1. The van der Waals surface area contributed by atoms with E-state index in [9.17, 15) is 4.79 Å². The smallest absolute Gasteiger partial charge is 0.274 e. The van der Waals surface area contributed by atoms with Crippen LogP contribution >= 0.6 is 0 Å². The summed E-state index contributed by atoms with van der Waals surface area (Å²) in [5.41, 5.74) is 5.66. The number of morpholine rings is 1. The van der Waals surface area contributed by atoms with Gasteiger partial charge in [-0.05, 0) is 37.3 Å². The van der Waals surface area contributed by atoms with E-state index in [0.29, 0.717) is 38.0 Å². The van der Waals surface area contributed by atoms with Crippen LogP contribution in [-0.2, 0) is 24.1 Å². The van der Waals surface area contributed by atoms with Crippen LogP contribution in [0.4, 0.5) is 0 Å². The number of aromatic nitrogens is 2. The standard InChI is InChI=1S/C28H34N4O2/c1-2-32-26-14-13-23(19-24(26)27(30-32)28(33)31-15-17-34-18-16-31)29-20-25(21-9-5-3-6-10-21)22-11-7-4-8-12-22/h3-12,23,25,29H,2,13-20H2,1H3. The molecule has 178 valence electrons. The highest BCUT2D eigenvalue weighted by atomic mass is 16.5. The minimum absolute atomic E-state index is 0.0545. The Bertz CT molecular complexity index is 1050. The Morgan fingerprint density at radius 2 is 1.71 bits per heavy atom. The van der Waals surface area contributed by atoms with Gasteiger partial charge in [0.1, 0.15) is 0 Å². The molecule has 0 saturated carbocycles. The van der Waals surface area contributed by atoms with E-state index in [1.807, 2.05) is 9.58 Å². The van der Waals surface area contributed by atoms with Gasteiger partial charge in [-0.1, -0.05) is 60.7 Å². The number of amides is 1. The third kappa shape index (κ3) is 4.79. The van der Waals surface area contributed by atoms with Crippen LogP contribution in [0, 0.1) is 0 Å². The first-order valence-corrected chi connectivity index (χ1v) is 12.5. The van der Waals surface area contributed by atoms with Crippen molar-refractivity contribution in [1.29, 1.82) is 0 Å². The van der Waals surface area contributed by atoms with Gasteiger partial charge >= 0.3 is 0 Å². The average Bonchev–Trinajstić information content (AvgIpc) is 3.28. The van der Waals surface area contributed by atoms with E-state index in [1.54, 1.807) is 0 Å². The van der Waals surface area contributed by atoms with Crippen molar-refractivity contribution < 1.29 is 9.53 Å². The Kier molecular flexibility index (Phi) is 7.07. The fourth-order valence-electron chi connectivity index (χ4n) is 5.29. The molecule has 1 aliphatic heterocycles. The fourth-order valence-corrected chi connectivity index (χ4v) is 5.29. The summed E-state index contributed by atoms with van der Waals surface area (Å²) >= 11 is 0. The van der Waals surface area contributed by atoms with E-state index >= 15 is 0 Å². The van der Waals surface area contributed by atoms with E-state index in [2.05, 4.69) is 72.9 Å². The van der Waals surface area contributed by atoms with Gasteiger partial charge in [-0.3, -0.25) is 9.48 Å². The lowest BCUT2D eigenvalue weighted by molar-refractivity contribution is 0.0297. The molecular weight excluding hydrogens is 424 g/mol. The van der Waals surface area contributed by atoms with Crippen molar-refractivity contribution in [1.82, 2.24) is 20.0 Å². The number of rotatable bonds is 7. The molecule has 1 aliphatic carbocycles. The molecule has 34 heavy (non-hydrogen) atoms. The molecule has 1 N–H and O–H groups in total. The Morgan fingerprint density at radius 1 is 1.06 bits per heavy atom. The molecule has 0 radical (unpaired) electrons. The molecule has 2 heterocycles. The summed E-state index contributed by atoms with van der Waals surface area (Å²) in [5.74, 6) is 0.343. The van der Waals surface area contributed by atoms with E-state index < -0.39 is 0 Å². The third-order valence-corrected chi connectivity index (χ3v) is 7.16. The predicted molar refractivity (Wildman–Crippen MR) is 133 cm³/mol. The van der Waals surface area contributed by atoms with Crippen molar-refractivity contribution in [3.8, 4) is 0 Å². The van der Waals surface area contributed by atoms with Crippen molar-refractivity contribution in [2.24, 2.45) is 0 Å². The number of fused-ring (bicyclic) bond motifs is 1. The molecule has 2 aliphatic rings. The van der Waals surface area contributed by atoms with Gasteiger partial charge in [0.2, 0.25) is 0 Å². The lowest BCUT2D eigenvalue weighted by Gasteiger charge is -2.29. The van der Waals surface area contributed by atoms with Crippen LogP contribution in [0.5, 0.6) is 0 Å². The molecule has 2 aromatic carbocycles. The average molecular weight is 459 g/mol. The SMILES string of the molecule is CCn1nc(C(=O)N2CCOCC2)c2c1CCC(NCC(c1ccccc1)c1ccccc1)C2. The van der Waals surface area contributed by atoms with Crippen molar-refractivity contribution >= 4 is 5.91 Å². The second-order valence-electron chi connectivity index (χ2n) is 9.22. The zero-order valence-electron chi connectivity index (χ0n) is 20.0. The number of nitrogens with zero attached hydrogens (tertiary/aromatic N) is 3. The molecule has 1 amide bonds. The molecule has 1 fully saturated rings. The van der Waals surface area contributed by atoms with Gasteiger partial charge in [-0.2, -0.15) is 5.10 Å². The second-order valence-corrected chi connectivity index (χ2v) is 9.22. The van der Waals surface area contributed by atoms with Gasteiger partial charge in [0.15, 0.2) is 5.69 Å². The summed E-state index contributed by atoms with van der Waals surface area (Å²) in [4.78, 5) is 15.2. The van der Waals surface area contributed by atoms with Crippen LogP contribution in [-0.4, -0.2) is 59.5 Å². The van der Waals surface area contributed by atoms with Crippen LogP contribution in [0.2, 0.25) is 0 Å². The molecule has 5 rings (SSSR count). The minimum atomic E-state index is 0.0545. The maximum absolute atomic E-state index is 13.3. The zero-order valence-corrected chi connectivity index (χ0v) is 20.0. The summed E-state index contributed by atoms with van der Waals surface area (Å²) in [6.45, 7) is 6.25. The monoisotopic (exact) mass is 458 g/mol. The highest BCUT2D eigenvalue weighted by Gasteiger charge is 2.31. The van der Waals surface area contributed by atoms with Gasteiger partial charge < -0.3 is 15.0 Å². The summed E-state index contributed by atoms with van der Waals surface area (Å²) < 4.78 is 7.48. The summed E-state index contributed by atoms with van der Waals surface area (Å²) in [7, 11) is 0. The number of hydrogen-bond acceptors (Lipinski definition) is 4. The number of benzene rings is 2. The molecule has 1 aromatic heterocycles. The maximum atomic E-state index is 13.3. The van der Waals surface area contributed by atoms with Crippen LogP contribution in [0.3, 0.4) is 0 Å². The van der Waals surface area contributed by atoms with E-state index in [0.717, 1.165) is 37.9 Å². The van der Waals surface area contributed by atoms with Crippen molar-refractivity contribution in [2.75, 3.05) is 32.8 Å². The number of ether oxygens (including phenoxy) is 1. The third-order valence-electron chi connectivity index (χ3n) is 7.16. The summed E-state index contributed by atoms with van der Waals surface area (Å²) in [6.07, 6.45) is 2.85. The first kappa shape index (κ1) is 22.8. The van der Waals surface area contributed by atoms with Crippen molar-refractivity contribution in [3.05, 3.63) is 88.7 Å². The fraction of sp³-hybridized carbons (Fsp3) is 0.429. The lowest BCUT2D eigenvalue weighted by Crippen LogP contribution is -2.42. The molecule has 0 spiro atoms. The topological polar surface area (TPSA) is 59.4 Å². The lowest BCUT2D eigenvalue weighted by atomic mass is 9.88. The predicted octanol–water partition coefficient (Wildman–Crippen LogP) is 3.65. The molecule has 1 atom stereocenters. The molecule has 3 aromatic rings. The van der Waals surface area contributed by atoms with Gasteiger partial charge in [-0.15, -0.1) is 0 Å². The molecule has 1 unspecified atom stereocenters. The van der Waals surface area contributed by atoms with Crippen LogP contribution in [0.15, 0.2) is 60.7 Å². The highest BCUT2D eigenvalue weighted by Crippen LogP contribution is 2.28. The Balaban J connectivity index is 1.34. The highest BCUT2D eigenvalue weighted by molar-refractivity contribution is 5.94. The largest absolute Gasteiger partial charge is 0.378 e. The van der Waals surface area contributed by atoms with Gasteiger partial charge in [-0.25, -0.2) is 0 Å². The number of aryl methyl sites for hydroxylation is 1.